The van der Waals surface area contributed by atoms with Crippen LogP contribution >= 0.6 is 15.9 Å². The van der Waals surface area contributed by atoms with Crippen LogP contribution in [0.5, 0.6) is 5.75 Å². The molecule has 0 saturated heterocycles. The summed E-state index contributed by atoms with van der Waals surface area (Å²) in [5.41, 5.74) is 0.370. The summed E-state index contributed by atoms with van der Waals surface area (Å²) < 4.78 is 18.2. The van der Waals surface area contributed by atoms with Crippen LogP contribution in [0.15, 0.2) is 16.6 Å². The molecule has 0 amide bonds. The van der Waals surface area contributed by atoms with Crippen molar-refractivity contribution >= 4 is 21.9 Å². The van der Waals surface area contributed by atoms with E-state index in [9.17, 15) is 9.18 Å². The quantitative estimate of drug-likeness (QED) is 0.909. The highest BCUT2D eigenvalue weighted by Crippen LogP contribution is 2.29. The second-order valence-electron chi connectivity index (χ2n) is 2.66. The topological polar surface area (TPSA) is 46.5 Å². The Bertz CT molecular complexity index is 365. The summed E-state index contributed by atoms with van der Waals surface area (Å²) in [6.45, 7) is 0. The van der Waals surface area contributed by atoms with Crippen molar-refractivity contribution < 1.29 is 19.0 Å². The molecular weight excluding hydrogens is 255 g/mol. The normalized spacial score (nSPS) is 9.93. The number of halogens is 2. The average molecular weight is 263 g/mol. The fourth-order valence-electron chi connectivity index (χ4n) is 1.04. The van der Waals surface area contributed by atoms with Gasteiger partial charge in [-0.15, -0.1) is 0 Å². The maximum Gasteiger partial charge on any atom is 0.307 e. The van der Waals surface area contributed by atoms with E-state index >= 15 is 0 Å². The zero-order valence-electron chi connectivity index (χ0n) is 7.38. The lowest BCUT2D eigenvalue weighted by Crippen LogP contribution is -2.01. The molecule has 0 saturated carbocycles. The van der Waals surface area contributed by atoms with Gasteiger partial charge in [0.15, 0.2) is 0 Å². The second kappa shape index (κ2) is 4.41. The molecule has 76 valence electrons. The highest BCUT2D eigenvalue weighted by molar-refractivity contribution is 9.10. The van der Waals surface area contributed by atoms with E-state index in [0.29, 0.717) is 11.3 Å². The second-order valence-corrected chi connectivity index (χ2v) is 3.46. The molecule has 0 aliphatic carbocycles. The molecule has 0 unspecified atom stereocenters. The van der Waals surface area contributed by atoms with Gasteiger partial charge in [0.25, 0.3) is 0 Å². The van der Waals surface area contributed by atoms with Crippen LogP contribution in [0, 0.1) is 5.82 Å². The Labute approximate surface area is 88.6 Å². The molecule has 1 aromatic rings. The first kappa shape index (κ1) is 11.0. The standard InChI is InChI=1S/C9H8BrFO3/c1-14-7-3-5(4-8(12)13)2-6(11)9(7)10/h2-3H,4H2,1H3,(H,12,13). The Kier molecular flexibility index (Phi) is 3.46. The first-order valence-corrected chi connectivity index (χ1v) is 4.57. The monoisotopic (exact) mass is 262 g/mol. The molecule has 0 atom stereocenters. The van der Waals surface area contributed by atoms with Crippen molar-refractivity contribution in [2.75, 3.05) is 7.11 Å². The predicted octanol–water partition coefficient (Wildman–Crippen LogP) is 2.22. The lowest BCUT2D eigenvalue weighted by atomic mass is 10.1. The number of aliphatic carboxylic acids is 1. The van der Waals surface area contributed by atoms with Gasteiger partial charge < -0.3 is 9.84 Å². The molecule has 14 heavy (non-hydrogen) atoms. The van der Waals surface area contributed by atoms with Crippen LogP contribution in [-0.4, -0.2) is 18.2 Å². The van der Waals surface area contributed by atoms with Crippen LogP contribution in [0.2, 0.25) is 0 Å². The number of hydrogen-bond acceptors (Lipinski definition) is 2. The van der Waals surface area contributed by atoms with Crippen molar-refractivity contribution in [1.29, 1.82) is 0 Å². The summed E-state index contributed by atoms with van der Waals surface area (Å²) in [4.78, 5) is 10.4. The Morgan fingerprint density at radius 3 is 2.79 bits per heavy atom. The molecule has 3 nitrogen and oxygen atoms in total. The number of carboxylic acids is 1. The molecule has 0 aliphatic rings. The fraction of sp³-hybridized carbons (Fsp3) is 0.222. The van der Waals surface area contributed by atoms with Crippen molar-refractivity contribution in [2.24, 2.45) is 0 Å². The van der Waals surface area contributed by atoms with E-state index in [4.69, 9.17) is 9.84 Å². The number of carbonyl (C=O) groups is 1. The Morgan fingerprint density at radius 2 is 2.29 bits per heavy atom. The molecule has 0 aromatic heterocycles. The molecule has 1 N–H and O–H groups in total. The lowest BCUT2D eigenvalue weighted by Gasteiger charge is -2.06. The highest BCUT2D eigenvalue weighted by atomic mass is 79.9. The summed E-state index contributed by atoms with van der Waals surface area (Å²) in [5, 5.41) is 8.52. The Hall–Kier alpha value is -1.10. The van der Waals surface area contributed by atoms with E-state index < -0.39 is 11.8 Å². The van der Waals surface area contributed by atoms with E-state index in [1.807, 2.05) is 0 Å². The van der Waals surface area contributed by atoms with Gasteiger partial charge in [0, 0.05) is 0 Å². The Balaban J connectivity index is 3.09. The zero-order valence-corrected chi connectivity index (χ0v) is 8.97. The van der Waals surface area contributed by atoms with E-state index in [1.54, 1.807) is 0 Å². The van der Waals surface area contributed by atoms with Gasteiger partial charge >= 0.3 is 5.97 Å². The minimum Gasteiger partial charge on any atom is -0.495 e. The van der Waals surface area contributed by atoms with Gasteiger partial charge in [-0.05, 0) is 33.6 Å². The van der Waals surface area contributed by atoms with Gasteiger partial charge in [0.1, 0.15) is 11.6 Å². The molecular formula is C9H8BrFO3. The number of rotatable bonds is 3. The van der Waals surface area contributed by atoms with Crippen LogP contribution in [0.1, 0.15) is 5.56 Å². The van der Waals surface area contributed by atoms with Crippen LogP contribution in [0.25, 0.3) is 0 Å². The van der Waals surface area contributed by atoms with Gasteiger partial charge in [-0.25, -0.2) is 4.39 Å². The molecule has 1 rings (SSSR count). The molecule has 1 aromatic carbocycles. The minimum atomic E-state index is -1.01. The summed E-state index contributed by atoms with van der Waals surface area (Å²) in [7, 11) is 1.39. The maximum absolute atomic E-state index is 13.2. The van der Waals surface area contributed by atoms with Gasteiger partial charge in [-0.3, -0.25) is 4.79 Å². The minimum absolute atomic E-state index is 0.203. The number of methoxy groups -OCH3 is 1. The number of ether oxygens (including phenoxy) is 1. The molecule has 0 fully saturated rings. The molecule has 0 radical (unpaired) electrons. The Morgan fingerprint density at radius 1 is 1.64 bits per heavy atom. The third-order valence-electron chi connectivity index (χ3n) is 1.63. The van der Waals surface area contributed by atoms with Gasteiger partial charge in [-0.2, -0.15) is 0 Å². The third kappa shape index (κ3) is 2.45. The first-order valence-electron chi connectivity index (χ1n) is 3.78. The first-order chi connectivity index (χ1) is 6.54. The van der Waals surface area contributed by atoms with Gasteiger partial charge in [0.2, 0.25) is 0 Å². The van der Waals surface area contributed by atoms with Crippen molar-refractivity contribution in [1.82, 2.24) is 0 Å². The van der Waals surface area contributed by atoms with E-state index in [-0.39, 0.29) is 10.9 Å². The van der Waals surface area contributed by atoms with Crippen LogP contribution in [-0.2, 0) is 11.2 Å². The van der Waals surface area contributed by atoms with Crippen LogP contribution in [0.3, 0.4) is 0 Å². The van der Waals surface area contributed by atoms with E-state index in [0.717, 1.165) is 0 Å². The summed E-state index contributed by atoms with van der Waals surface area (Å²) >= 11 is 2.99. The molecule has 5 heteroatoms. The molecule has 0 aliphatic heterocycles. The van der Waals surface area contributed by atoms with Gasteiger partial charge in [0.05, 0.1) is 18.0 Å². The number of benzene rings is 1. The smallest absolute Gasteiger partial charge is 0.307 e. The number of hydrogen-bond donors (Lipinski definition) is 1. The van der Waals surface area contributed by atoms with Crippen LogP contribution < -0.4 is 4.74 Å². The number of carboxylic acid groups (broad SMARTS) is 1. The van der Waals surface area contributed by atoms with E-state index in [2.05, 4.69) is 15.9 Å². The van der Waals surface area contributed by atoms with Crippen molar-refractivity contribution in [2.45, 2.75) is 6.42 Å². The maximum atomic E-state index is 13.2. The third-order valence-corrected chi connectivity index (χ3v) is 2.40. The van der Waals surface area contributed by atoms with Crippen molar-refractivity contribution in [3.05, 3.63) is 28.0 Å². The van der Waals surface area contributed by atoms with E-state index in [1.165, 1.54) is 19.2 Å². The summed E-state index contributed by atoms with van der Waals surface area (Å²) in [6.07, 6.45) is -0.222. The molecule has 0 heterocycles. The molecule has 0 spiro atoms. The average Bonchev–Trinajstić information content (AvgIpc) is 2.10. The highest BCUT2D eigenvalue weighted by Gasteiger charge is 2.10. The largest absolute Gasteiger partial charge is 0.495 e. The SMILES string of the molecule is COc1cc(CC(=O)O)cc(F)c1Br. The van der Waals surface area contributed by atoms with Gasteiger partial charge in [-0.1, -0.05) is 0 Å². The predicted molar refractivity (Wildman–Crippen MR) is 52.0 cm³/mol. The lowest BCUT2D eigenvalue weighted by molar-refractivity contribution is -0.136. The summed E-state index contributed by atoms with van der Waals surface area (Å²) in [5.74, 6) is -1.24. The summed E-state index contributed by atoms with van der Waals surface area (Å²) in [6, 6.07) is 2.65. The van der Waals surface area contributed by atoms with Crippen molar-refractivity contribution in [3.63, 3.8) is 0 Å². The zero-order chi connectivity index (χ0) is 10.7. The van der Waals surface area contributed by atoms with Crippen LogP contribution in [0.4, 0.5) is 4.39 Å². The fourth-order valence-corrected chi connectivity index (χ4v) is 1.43. The molecule has 0 bridgehead atoms. The van der Waals surface area contributed by atoms with Crippen molar-refractivity contribution in [3.8, 4) is 5.75 Å².